The number of aryl methyl sites for hydroxylation is 2. The van der Waals surface area contributed by atoms with Crippen molar-refractivity contribution in [2.24, 2.45) is 5.73 Å². The smallest absolute Gasteiger partial charge is 0.0266 e. The van der Waals surface area contributed by atoms with E-state index in [4.69, 9.17) is 5.73 Å². The van der Waals surface area contributed by atoms with Crippen LogP contribution in [0.2, 0.25) is 0 Å². The molecule has 0 aliphatic carbocycles. The molecule has 1 aromatic rings. The highest BCUT2D eigenvalue weighted by molar-refractivity contribution is 9.10. The highest BCUT2D eigenvalue weighted by Crippen LogP contribution is 2.24. The summed E-state index contributed by atoms with van der Waals surface area (Å²) in [5, 5.41) is 0. The van der Waals surface area contributed by atoms with Crippen LogP contribution in [-0.2, 0) is 0 Å². The summed E-state index contributed by atoms with van der Waals surface area (Å²) in [6.07, 6.45) is 0. The van der Waals surface area contributed by atoms with Crippen molar-refractivity contribution < 1.29 is 0 Å². The van der Waals surface area contributed by atoms with E-state index in [-0.39, 0.29) is 6.04 Å². The third-order valence-corrected chi connectivity index (χ3v) is 3.24. The Morgan fingerprint density at radius 3 is 2.00 bits per heavy atom. The molecule has 1 nitrogen and oxygen atoms in total. The van der Waals surface area contributed by atoms with Gasteiger partial charge in [-0.1, -0.05) is 28.1 Å². The highest BCUT2D eigenvalue weighted by atomic mass is 79.9. The molecule has 0 fully saturated rings. The molecule has 2 N–H and O–H groups in total. The van der Waals surface area contributed by atoms with Gasteiger partial charge in [0.05, 0.1) is 0 Å². The van der Waals surface area contributed by atoms with Crippen molar-refractivity contribution in [1.82, 2.24) is 0 Å². The van der Waals surface area contributed by atoms with Crippen LogP contribution in [0.15, 0.2) is 16.6 Å². The Labute approximate surface area is 82.1 Å². The van der Waals surface area contributed by atoms with Crippen molar-refractivity contribution in [2.75, 3.05) is 0 Å². The molecule has 0 bridgehead atoms. The van der Waals surface area contributed by atoms with Gasteiger partial charge in [0, 0.05) is 10.5 Å². The van der Waals surface area contributed by atoms with Crippen LogP contribution in [0.25, 0.3) is 0 Å². The molecule has 66 valence electrons. The summed E-state index contributed by atoms with van der Waals surface area (Å²) in [4.78, 5) is 0. The molecule has 0 heterocycles. The Morgan fingerprint density at radius 1 is 1.25 bits per heavy atom. The number of hydrogen-bond acceptors (Lipinski definition) is 1. The molecule has 0 saturated carbocycles. The van der Waals surface area contributed by atoms with Gasteiger partial charge in [0.25, 0.3) is 0 Å². The first-order valence-corrected chi connectivity index (χ1v) is 4.84. The normalized spacial score (nSPS) is 13.1. The van der Waals surface area contributed by atoms with Gasteiger partial charge in [-0.2, -0.15) is 0 Å². The zero-order valence-electron chi connectivity index (χ0n) is 7.69. The van der Waals surface area contributed by atoms with E-state index in [2.05, 4.69) is 41.9 Å². The minimum Gasteiger partial charge on any atom is -0.324 e. The molecular formula is C10H14BrN. The van der Waals surface area contributed by atoms with E-state index in [1.807, 2.05) is 6.92 Å². The summed E-state index contributed by atoms with van der Waals surface area (Å²) in [6, 6.07) is 4.37. The van der Waals surface area contributed by atoms with Gasteiger partial charge < -0.3 is 5.73 Å². The Hall–Kier alpha value is -0.340. The summed E-state index contributed by atoms with van der Waals surface area (Å²) in [5.41, 5.74) is 9.49. The lowest BCUT2D eigenvalue weighted by Gasteiger charge is -2.10. The molecule has 1 unspecified atom stereocenters. The third-order valence-electron chi connectivity index (χ3n) is 1.98. The summed E-state index contributed by atoms with van der Waals surface area (Å²) in [7, 11) is 0. The van der Waals surface area contributed by atoms with E-state index in [0.717, 1.165) is 0 Å². The predicted molar refractivity (Wildman–Crippen MR) is 56.2 cm³/mol. The Kier molecular flexibility index (Phi) is 2.91. The minimum absolute atomic E-state index is 0.121. The molecule has 0 radical (unpaired) electrons. The Morgan fingerprint density at radius 2 is 1.67 bits per heavy atom. The predicted octanol–water partition coefficient (Wildman–Crippen LogP) is 3.09. The molecule has 0 spiro atoms. The largest absolute Gasteiger partial charge is 0.324 e. The van der Waals surface area contributed by atoms with Gasteiger partial charge in [0.1, 0.15) is 0 Å². The van der Waals surface area contributed by atoms with E-state index >= 15 is 0 Å². The van der Waals surface area contributed by atoms with Crippen LogP contribution < -0.4 is 5.73 Å². The highest BCUT2D eigenvalue weighted by Gasteiger charge is 2.04. The van der Waals surface area contributed by atoms with Gasteiger partial charge in [-0.25, -0.2) is 0 Å². The summed E-state index contributed by atoms with van der Waals surface area (Å²) in [6.45, 7) is 6.17. The number of rotatable bonds is 1. The van der Waals surface area contributed by atoms with Gasteiger partial charge in [0.15, 0.2) is 0 Å². The lowest BCUT2D eigenvalue weighted by Crippen LogP contribution is -2.05. The molecule has 0 aliphatic rings. The first-order valence-electron chi connectivity index (χ1n) is 4.04. The maximum atomic E-state index is 5.79. The zero-order chi connectivity index (χ0) is 9.30. The zero-order valence-corrected chi connectivity index (χ0v) is 9.27. The van der Waals surface area contributed by atoms with E-state index in [1.165, 1.54) is 21.2 Å². The average Bonchev–Trinajstić information content (AvgIpc) is 1.99. The van der Waals surface area contributed by atoms with Crippen molar-refractivity contribution in [3.63, 3.8) is 0 Å². The molecular weight excluding hydrogens is 214 g/mol. The van der Waals surface area contributed by atoms with E-state index in [0.29, 0.717) is 0 Å². The fourth-order valence-corrected chi connectivity index (χ4v) is 1.47. The SMILES string of the molecule is Cc1cc(C(C)N)cc(C)c1Br. The average molecular weight is 228 g/mol. The molecule has 0 aromatic heterocycles. The maximum absolute atomic E-state index is 5.79. The number of nitrogens with two attached hydrogens (primary N) is 1. The summed E-state index contributed by atoms with van der Waals surface area (Å²) >= 11 is 3.52. The van der Waals surface area contributed by atoms with E-state index in [1.54, 1.807) is 0 Å². The van der Waals surface area contributed by atoms with Crippen molar-refractivity contribution in [1.29, 1.82) is 0 Å². The van der Waals surface area contributed by atoms with Gasteiger partial charge in [-0.05, 0) is 37.5 Å². The topological polar surface area (TPSA) is 26.0 Å². The number of halogens is 1. The standard InChI is InChI=1S/C10H14BrN/c1-6-4-9(8(3)12)5-7(2)10(6)11/h4-5,8H,12H2,1-3H3. The van der Waals surface area contributed by atoms with Crippen LogP contribution >= 0.6 is 15.9 Å². The van der Waals surface area contributed by atoms with Crippen molar-refractivity contribution >= 4 is 15.9 Å². The van der Waals surface area contributed by atoms with Gasteiger partial charge in [-0.15, -0.1) is 0 Å². The minimum atomic E-state index is 0.121. The second-order valence-corrected chi connectivity index (χ2v) is 4.05. The van der Waals surface area contributed by atoms with Crippen LogP contribution in [0.4, 0.5) is 0 Å². The molecule has 1 aromatic carbocycles. The number of hydrogen-bond donors (Lipinski definition) is 1. The quantitative estimate of drug-likeness (QED) is 0.785. The van der Waals surface area contributed by atoms with Gasteiger partial charge in [-0.3, -0.25) is 0 Å². The van der Waals surface area contributed by atoms with Crippen molar-refractivity contribution in [3.05, 3.63) is 33.3 Å². The van der Waals surface area contributed by atoms with E-state index in [9.17, 15) is 0 Å². The molecule has 12 heavy (non-hydrogen) atoms. The first kappa shape index (κ1) is 9.75. The molecule has 1 rings (SSSR count). The Balaban J connectivity index is 3.21. The monoisotopic (exact) mass is 227 g/mol. The second kappa shape index (κ2) is 3.58. The van der Waals surface area contributed by atoms with Crippen LogP contribution in [0.1, 0.15) is 29.7 Å². The fourth-order valence-electron chi connectivity index (χ4n) is 1.24. The molecule has 0 amide bonds. The van der Waals surface area contributed by atoms with Gasteiger partial charge >= 0.3 is 0 Å². The van der Waals surface area contributed by atoms with Crippen molar-refractivity contribution in [2.45, 2.75) is 26.8 Å². The van der Waals surface area contributed by atoms with Crippen LogP contribution in [0.5, 0.6) is 0 Å². The second-order valence-electron chi connectivity index (χ2n) is 3.26. The van der Waals surface area contributed by atoms with Crippen LogP contribution in [-0.4, -0.2) is 0 Å². The lowest BCUT2D eigenvalue weighted by molar-refractivity contribution is 0.815. The van der Waals surface area contributed by atoms with Gasteiger partial charge in [0.2, 0.25) is 0 Å². The summed E-state index contributed by atoms with van der Waals surface area (Å²) in [5.74, 6) is 0. The molecule has 2 heteroatoms. The van der Waals surface area contributed by atoms with Crippen molar-refractivity contribution in [3.8, 4) is 0 Å². The maximum Gasteiger partial charge on any atom is 0.0266 e. The number of benzene rings is 1. The fraction of sp³-hybridized carbons (Fsp3) is 0.400. The molecule has 0 aliphatic heterocycles. The first-order chi connectivity index (χ1) is 5.52. The summed E-state index contributed by atoms with van der Waals surface area (Å²) < 4.78 is 1.19. The Bertz CT molecular complexity index is 269. The molecule has 1 atom stereocenters. The van der Waals surface area contributed by atoms with Crippen LogP contribution in [0, 0.1) is 13.8 Å². The van der Waals surface area contributed by atoms with Crippen LogP contribution in [0.3, 0.4) is 0 Å². The third kappa shape index (κ3) is 1.87. The van der Waals surface area contributed by atoms with E-state index < -0.39 is 0 Å². The lowest BCUT2D eigenvalue weighted by atomic mass is 10.0. The molecule has 0 saturated heterocycles.